The van der Waals surface area contributed by atoms with Crippen LogP contribution < -0.4 is 10.5 Å². The number of halogens is 1. The van der Waals surface area contributed by atoms with Crippen molar-refractivity contribution < 1.29 is 13.9 Å². The summed E-state index contributed by atoms with van der Waals surface area (Å²) < 4.78 is 18.6. The quantitative estimate of drug-likeness (QED) is 0.888. The number of carbonyl (C=O) groups excluding carboxylic acids is 1. The Morgan fingerprint density at radius 1 is 1.43 bits per heavy atom. The fraction of sp³-hybridized carbons (Fsp3) is 0.267. The number of anilines is 1. The van der Waals surface area contributed by atoms with Crippen molar-refractivity contribution in [1.82, 2.24) is 9.88 Å². The van der Waals surface area contributed by atoms with Crippen molar-refractivity contribution in [3.63, 3.8) is 0 Å². The van der Waals surface area contributed by atoms with Crippen LogP contribution in [0.1, 0.15) is 23.0 Å². The van der Waals surface area contributed by atoms with Crippen molar-refractivity contribution in [2.75, 3.05) is 19.4 Å². The van der Waals surface area contributed by atoms with Crippen LogP contribution in [0.4, 0.5) is 10.1 Å². The number of nitrogens with two attached hydrogens (primary N) is 1. The van der Waals surface area contributed by atoms with Gasteiger partial charge in [0.15, 0.2) is 11.6 Å². The van der Waals surface area contributed by atoms with E-state index >= 15 is 0 Å². The van der Waals surface area contributed by atoms with Crippen molar-refractivity contribution in [3.05, 3.63) is 47.5 Å². The molecule has 1 aromatic carbocycles. The van der Waals surface area contributed by atoms with Crippen molar-refractivity contribution in [1.29, 1.82) is 0 Å². The molecule has 0 aliphatic rings. The molecule has 0 radical (unpaired) electrons. The third-order valence-electron chi connectivity index (χ3n) is 3.19. The van der Waals surface area contributed by atoms with Gasteiger partial charge in [-0.3, -0.25) is 4.79 Å². The van der Waals surface area contributed by atoms with Crippen molar-refractivity contribution in [3.8, 4) is 5.75 Å². The van der Waals surface area contributed by atoms with Crippen LogP contribution in [0.15, 0.2) is 30.5 Å². The third-order valence-corrected chi connectivity index (χ3v) is 3.19. The number of carbonyl (C=O) groups is 1. The van der Waals surface area contributed by atoms with Crippen LogP contribution in [0, 0.1) is 5.82 Å². The molecule has 0 spiro atoms. The van der Waals surface area contributed by atoms with Crippen LogP contribution in [0.2, 0.25) is 0 Å². The summed E-state index contributed by atoms with van der Waals surface area (Å²) >= 11 is 0. The predicted molar refractivity (Wildman–Crippen MR) is 78.6 cm³/mol. The summed E-state index contributed by atoms with van der Waals surface area (Å²) in [7, 11) is 1.41. The number of nitrogens with one attached hydrogen (secondary N) is 1. The van der Waals surface area contributed by atoms with Crippen LogP contribution in [0.25, 0.3) is 0 Å². The lowest BCUT2D eigenvalue weighted by Crippen LogP contribution is -2.30. The van der Waals surface area contributed by atoms with Gasteiger partial charge in [0.2, 0.25) is 0 Å². The van der Waals surface area contributed by atoms with Gasteiger partial charge >= 0.3 is 0 Å². The fourth-order valence-corrected chi connectivity index (χ4v) is 2.06. The third kappa shape index (κ3) is 3.34. The maximum Gasteiger partial charge on any atom is 0.270 e. The van der Waals surface area contributed by atoms with Crippen LogP contribution in [0.3, 0.4) is 0 Å². The molecule has 0 aliphatic heterocycles. The number of methoxy groups -OCH3 is 1. The van der Waals surface area contributed by atoms with Crippen LogP contribution in [0.5, 0.6) is 5.75 Å². The molecule has 1 heterocycles. The van der Waals surface area contributed by atoms with Gasteiger partial charge in [0, 0.05) is 25.0 Å². The number of nitrogen functional groups attached to an aromatic ring is 1. The summed E-state index contributed by atoms with van der Waals surface area (Å²) in [6.45, 7) is 2.69. The highest BCUT2D eigenvalue weighted by Crippen LogP contribution is 2.19. The first kappa shape index (κ1) is 14.9. The van der Waals surface area contributed by atoms with E-state index in [9.17, 15) is 9.18 Å². The fourth-order valence-electron chi connectivity index (χ4n) is 2.06. The number of hydrogen-bond acceptors (Lipinski definition) is 3. The summed E-state index contributed by atoms with van der Waals surface area (Å²) in [5.74, 6) is -0.432. The Bertz CT molecular complexity index is 640. The SMILES string of the molecule is CCN(Cc1ccc(OC)c(F)c1)C(=O)c1cc(N)c[nH]1. The molecule has 0 saturated heterocycles. The number of aromatic amines is 1. The minimum absolute atomic E-state index is 0.176. The Morgan fingerprint density at radius 2 is 2.19 bits per heavy atom. The first-order valence-electron chi connectivity index (χ1n) is 6.60. The second-order valence-electron chi connectivity index (χ2n) is 4.63. The summed E-state index contributed by atoms with van der Waals surface area (Å²) in [6, 6.07) is 6.24. The first-order chi connectivity index (χ1) is 10.0. The predicted octanol–water partition coefficient (Wildman–Crippen LogP) is 2.41. The molecule has 1 amide bonds. The molecule has 5 nitrogen and oxygen atoms in total. The number of rotatable bonds is 5. The number of aromatic nitrogens is 1. The van der Waals surface area contributed by atoms with Gasteiger partial charge < -0.3 is 20.4 Å². The molecule has 0 aliphatic carbocycles. The normalized spacial score (nSPS) is 10.4. The van der Waals surface area contributed by atoms with Gasteiger partial charge in [-0.25, -0.2) is 4.39 Å². The van der Waals surface area contributed by atoms with Gasteiger partial charge in [0.05, 0.1) is 7.11 Å². The first-order valence-corrected chi connectivity index (χ1v) is 6.60. The van der Waals surface area contributed by atoms with E-state index in [-0.39, 0.29) is 11.7 Å². The molecule has 3 N–H and O–H groups in total. The van der Waals surface area contributed by atoms with Crippen LogP contribution in [-0.4, -0.2) is 29.4 Å². The molecule has 2 aromatic rings. The highest BCUT2D eigenvalue weighted by Gasteiger charge is 2.16. The van der Waals surface area contributed by atoms with E-state index in [0.29, 0.717) is 30.0 Å². The maximum atomic E-state index is 13.7. The second-order valence-corrected chi connectivity index (χ2v) is 4.63. The minimum Gasteiger partial charge on any atom is -0.494 e. The Hall–Kier alpha value is -2.50. The van der Waals surface area contributed by atoms with E-state index < -0.39 is 5.82 Å². The number of benzene rings is 1. The highest BCUT2D eigenvalue weighted by atomic mass is 19.1. The largest absolute Gasteiger partial charge is 0.494 e. The summed E-state index contributed by atoms with van der Waals surface area (Å²) in [5, 5.41) is 0. The van der Waals surface area contributed by atoms with Gasteiger partial charge in [-0.2, -0.15) is 0 Å². The number of amides is 1. The Kier molecular flexibility index (Phi) is 4.47. The molecule has 21 heavy (non-hydrogen) atoms. The van der Waals surface area contributed by atoms with Gasteiger partial charge in [-0.05, 0) is 30.7 Å². The second kappa shape index (κ2) is 6.30. The molecular formula is C15H18FN3O2. The number of ether oxygens (including phenoxy) is 1. The molecule has 1 aromatic heterocycles. The average Bonchev–Trinajstić information content (AvgIpc) is 2.91. The molecule has 0 bridgehead atoms. The summed E-state index contributed by atoms with van der Waals surface area (Å²) in [5.41, 5.74) is 7.22. The zero-order chi connectivity index (χ0) is 15.4. The Labute approximate surface area is 122 Å². The highest BCUT2D eigenvalue weighted by molar-refractivity contribution is 5.93. The average molecular weight is 291 g/mol. The molecule has 0 atom stereocenters. The molecule has 112 valence electrons. The number of nitrogens with zero attached hydrogens (tertiary/aromatic N) is 1. The zero-order valence-electron chi connectivity index (χ0n) is 12.0. The standard InChI is InChI=1S/C15H18FN3O2/c1-3-19(15(20)13-7-11(17)8-18-13)9-10-4-5-14(21-2)12(16)6-10/h4-8,18H,3,9,17H2,1-2H3. The van der Waals surface area contributed by atoms with Gasteiger partial charge in [0.1, 0.15) is 5.69 Å². The molecule has 2 rings (SSSR count). The van der Waals surface area contributed by atoms with Gasteiger partial charge in [0.25, 0.3) is 5.91 Å². The lowest BCUT2D eigenvalue weighted by atomic mass is 10.2. The Balaban J connectivity index is 2.15. The van der Waals surface area contributed by atoms with E-state index in [1.54, 1.807) is 29.3 Å². The molecule has 0 unspecified atom stereocenters. The maximum absolute atomic E-state index is 13.7. The van der Waals surface area contributed by atoms with Crippen molar-refractivity contribution >= 4 is 11.6 Å². The van der Waals surface area contributed by atoms with Crippen LogP contribution >= 0.6 is 0 Å². The lowest BCUT2D eigenvalue weighted by molar-refractivity contribution is 0.0747. The molecule has 0 fully saturated rings. The van der Waals surface area contributed by atoms with Gasteiger partial charge in [-0.15, -0.1) is 0 Å². The zero-order valence-corrected chi connectivity index (χ0v) is 12.0. The van der Waals surface area contributed by atoms with E-state index in [2.05, 4.69) is 4.98 Å². The van der Waals surface area contributed by atoms with E-state index in [4.69, 9.17) is 10.5 Å². The number of H-pyrrole nitrogens is 1. The monoisotopic (exact) mass is 291 g/mol. The lowest BCUT2D eigenvalue weighted by Gasteiger charge is -2.20. The van der Waals surface area contributed by atoms with E-state index in [1.807, 2.05) is 6.92 Å². The smallest absolute Gasteiger partial charge is 0.270 e. The van der Waals surface area contributed by atoms with Crippen LogP contribution in [-0.2, 0) is 6.54 Å². The van der Waals surface area contributed by atoms with E-state index in [1.165, 1.54) is 13.2 Å². The number of hydrogen-bond donors (Lipinski definition) is 2. The van der Waals surface area contributed by atoms with Crippen molar-refractivity contribution in [2.45, 2.75) is 13.5 Å². The Morgan fingerprint density at radius 3 is 2.71 bits per heavy atom. The molecular weight excluding hydrogens is 273 g/mol. The minimum atomic E-state index is -0.442. The van der Waals surface area contributed by atoms with Gasteiger partial charge in [-0.1, -0.05) is 6.07 Å². The van der Waals surface area contributed by atoms with E-state index in [0.717, 1.165) is 0 Å². The van der Waals surface area contributed by atoms with Crippen molar-refractivity contribution in [2.24, 2.45) is 0 Å². The molecule has 0 saturated carbocycles. The summed E-state index contributed by atoms with van der Waals surface area (Å²) in [4.78, 5) is 16.8. The summed E-state index contributed by atoms with van der Waals surface area (Å²) in [6.07, 6.45) is 1.56. The topological polar surface area (TPSA) is 71.3 Å². The molecule has 6 heteroatoms.